The van der Waals surface area contributed by atoms with Gasteiger partial charge in [0.1, 0.15) is 6.04 Å². The van der Waals surface area contributed by atoms with Crippen molar-refractivity contribution in [3.05, 3.63) is 11.1 Å². The molecule has 1 aliphatic carbocycles. The Kier molecular flexibility index (Phi) is 4.04. The van der Waals surface area contributed by atoms with Gasteiger partial charge in [0.05, 0.1) is 5.69 Å². The Labute approximate surface area is 115 Å². The largest absolute Gasteiger partial charge is 0.480 e. The number of carboxylic acids is 1. The van der Waals surface area contributed by atoms with Crippen molar-refractivity contribution in [3.8, 4) is 0 Å². The molecule has 1 aromatic rings. The van der Waals surface area contributed by atoms with E-state index in [0.717, 1.165) is 18.5 Å². The van der Waals surface area contributed by atoms with E-state index in [4.69, 9.17) is 5.11 Å². The van der Waals surface area contributed by atoms with Crippen LogP contribution in [0.3, 0.4) is 0 Å². The van der Waals surface area contributed by atoms with Gasteiger partial charge in [0.15, 0.2) is 5.13 Å². The van der Waals surface area contributed by atoms with Gasteiger partial charge in [0.25, 0.3) is 0 Å². The van der Waals surface area contributed by atoms with Gasteiger partial charge in [-0.25, -0.2) is 14.6 Å². The van der Waals surface area contributed by atoms with Crippen LogP contribution in [0.1, 0.15) is 38.3 Å². The number of carbonyl (C=O) groups excluding carboxylic acids is 1. The molecule has 1 fully saturated rings. The summed E-state index contributed by atoms with van der Waals surface area (Å²) in [5, 5.41) is 16.4. The molecule has 1 heterocycles. The van der Waals surface area contributed by atoms with E-state index in [2.05, 4.69) is 15.6 Å². The number of urea groups is 1. The molecule has 2 rings (SSSR count). The molecule has 3 N–H and O–H groups in total. The molecular weight excluding hydrogens is 266 g/mol. The van der Waals surface area contributed by atoms with E-state index >= 15 is 0 Å². The van der Waals surface area contributed by atoms with Crippen LogP contribution in [-0.4, -0.2) is 28.1 Å². The fraction of sp³-hybridized carbons (Fsp3) is 0.583. The molecule has 0 radical (unpaired) electrons. The molecule has 104 valence electrons. The summed E-state index contributed by atoms with van der Waals surface area (Å²) in [6.07, 6.45) is 2.31. The molecule has 1 atom stereocenters. The second kappa shape index (κ2) is 5.56. The molecule has 1 unspecified atom stereocenters. The zero-order valence-corrected chi connectivity index (χ0v) is 11.7. The summed E-state index contributed by atoms with van der Waals surface area (Å²) in [7, 11) is 0. The molecule has 0 aliphatic heterocycles. The Balaban J connectivity index is 1.90. The predicted molar refractivity (Wildman–Crippen MR) is 72.5 cm³/mol. The predicted octanol–water partition coefficient (Wildman–Crippen LogP) is 2.25. The standard InChI is InChI=1S/C12H17N3O3S/c1-6(2)9(10(16)17)14-11(18)15-12-13-8(5-19-12)7-3-4-7/h5-7,9H,3-4H2,1-2H3,(H,16,17)(H2,13,14,15,18). The monoisotopic (exact) mass is 283 g/mol. The van der Waals surface area contributed by atoms with Crippen molar-refractivity contribution >= 4 is 28.5 Å². The van der Waals surface area contributed by atoms with Crippen molar-refractivity contribution in [2.75, 3.05) is 5.32 Å². The summed E-state index contributed by atoms with van der Waals surface area (Å²) in [5.41, 5.74) is 1.01. The van der Waals surface area contributed by atoms with Crippen molar-refractivity contribution in [2.24, 2.45) is 5.92 Å². The van der Waals surface area contributed by atoms with Crippen molar-refractivity contribution in [2.45, 2.75) is 38.6 Å². The highest BCUT2D eigenvalue weighted by molar-refractivity contribution is 7.13. The topological polar surface area (TPSA) is 91.3 Å². The minimum Gasteiger partial charge on any atom is -0.480 e. The van der Waals surface area contributed by atoms with Crippen LogP contribution in [0.4, 0.5) is 9.93 Å². The van der Waals surface area contributed by atoms with Gasteiger partial charge in [0, 0.05) is 11.3 Å². The van der Waals surface area contributed by atoms with Crippen LogP contribution in [0, 0.1) is 5.92 Å². The number of anilines is 1. The molecule has 0 aromatic carbocycles. The number of rotatable bonds is 5. The van der Waals surface area contributed by atoms with Crippen LogP contribution < -0.4 is 10.6 Å². The number of nitrogens with one attached hydrogen (secondary N) is 2. The molecule has 0 saturated heterocycles. The van der Waals surface area contributed by atoms with Crippen molar-refractivity contribution < 1.29 is 14.7 Å². The Morgan fingerprint density at radius 1 is 1.47 bits per heavy atom. The number of nitrogens with zero attached hydrogens (tertiary/aromatic N) is 1. The molecule has 1 aromatic heterocycles. The summed E-state index contributed by atoms with van der Waals surface area (Å²) in [6, 6.07) is -1.43. The van der Waals surface area contributed by atoms with Crippen LogP contribution >= 0.6 is 11.3 Å². The lowest BCUT2D eigenvalue weighted by atomic mass is 10.1. The fourth-order valence-electron chi connectivity index (χ4n) is 1.70. The number of aromatic nitrogens is 1. The third-order valence-corrected chi connectivity index (χ3v) is 3.73. The summed E-state index contributed by atoms with van der Waals surface area (Å²) < 4.78 is 0. The van der Waals surface area contributed by atoms with Gasteiger partial charge in [-0.05, 0) is 18.8 Å². The second-order valence-electron chi connectivity index (χ2n) is 5.01. The smallest absolute Gasteiger partial charge is 0.326 e. The Bertz CT molecular complexity index is 482. The molecule has 7 heteroatoms. The summed E-state index contributed by atoms with van der Waals surface area (Å²) in [5.74, 6) is -0.679. The molecule has 0 bridgehead atoms. The third-order valence-electron chi connectivity index (χ3n) is 2.96. The summed E-state index contributed by atoms with van der Waals surface area (Å²) in [4.78, 5) is 27.0. The lowest BCUT2D eigenvalue weighted by Gasteiger charge is -2.17. The Morgan fingerprint density at radius 3 is 2.68 bits per heavy atom. The van der Waals surface area contributed by atoms with E-state index in [1.54, 1.807) is 13.8 Å². The second-order valence-corrected chi connectivity index (χ2v) is 5.87. The number of carbonyl (C=O) groups is 2. The first-order valence-electron chi connectivity index (χ1n) is 6.23. The lowest BCUT2D eigenvalue weighted by Crippen LogP contribution is -2.46. The van der Waals surface area contributed by atoms with Gasteiger partial charge in [0.2, 0.25) is 0 Å². The van der Waals surface area contributed by atoms with Gasteiger partial charge >= 0.3 is 12.0 Å². The van der Waals surface area contributed by atoms with Gasteiger partial charge < -0.3 is 10.4 Å². The maximum atomic E-state index is 11.7. The number of aliphatic carboxylic acids is 1. The maximum Gasteiger partial charge on any atom is 0.326 e. The average Bonchev–Trinajstić information content (AvgIpc) is 3.07. The summed E-state index contributed by atoms with van der Waals surface area (Å²) in [6.45, 7) is 3.49. The number of hydrogen-bond donors (Lipinski definition) is 3. The van der Waals surface area contributed by atoms with Gasteiger partial charge in [-0.1, -0.05) is 13.8 Å². The van der Waals surface area contributed by atoms with Gasteiger partial charge in [-0.3, -0.25) is 5.32 Å². The van der Waals surface area contributed by atoms with E-state index in [9.17, 15) is 9.59 Å². The molecule has 6 nitrogen and oxygen atoms in total. The molecule has 1 aliphatic rings. The molecule has 19 heavy (non-hydrogen) atoms. The minimum atomic E-state index is -1.04. The number of thiazole rings is 1. The van der Waals surface area contributed by atoms with E-state index in [1.165, 1.54) is 11.3 Å². The van der Waals surface area contributed by atoms with Crippen LogP contribution in [0.5, 0.6) is 0 Å². The Morgan fingerprint density at radius 2 is 2.16 bits per heavy atom. The zero-order valence-electron chi connectivity index (χ0n) is 10.8. The highest BCUT2D eigenvalue weighted by atomic mass is 32.1. The SMILES string of the molecule is CC(C)C(NC(=O)Nc1nc(C2CC2)cs1)C(=O)O. The van der Waals surface area contributed by atoms with E-state index < -0.39 is 18.0 Å². The lowest BCUT2D eigenvalue weighted by molar-refractivity contribution is -0.140. The van der Waals surface area contributed by atoms with Crippen LogP contribution in [0.15, 0.2) is 5.38 Å². The number of carboxylic acid groups (broad SMARTS) is 1. The zero-order chi connectivity index (χ0) is 14.0. The first-order valence-corrected chi connectivity index (χ1v) is 7.11. The quantitative estimate of drug-likeness (QED) is 0.773. The van der Waals surface area contributed by atoms with Crippen molar-refractivity contribution in [1.82, 2.24) is 10.3 Å². The third kappa shape index (κ3) is 3.66. The van der Waals surface area contributed by atoms with E-state index in [0.29, 0.717) is 11.0 Å². The summed E-state index contributed by atoms with van der Waals surface area (Å²) >= 11 is 1.36. The van der Waals surface area contributed by atoms with Crippen LogP contribution in [0.25, 0.3) is 0 Å². The van der Waals surface area contributed by atoms with Gasteiger partial charge in [-0.15, -0.1) is 11.3 Å². The number of hydrogen-bond acceptors (Lipinski definition) is 4. The van der Waals surface area contributed by atoms with Gasteiger partial charge in [-0.2, -0.15) is 0 Å². The van der Waals surface area contributed by atoms with E-state index in [1.807, 2.05) is 5.38 Å². The normalized spacial score (nSPS) is 16.2. The fourth-order valence-corrected chi connectivity index (χ4v) is 2.49. The molecule has 0 spiro atoms. The highest BCUT2D eigenvalue weighted by Crippen LogP contribution is 2.40. The van der Waals surface area contributed by atoms with Crippen molar-refractivity contribution in [3.63, 3.8) is 0 Å². The molecule has 1 saturated carbocycles. The van der Waals surface area contributed by atoms with E-state index in [-0.39, 0.29) is 5.92 Å². The first kappa shape index (κ1) is 13.8. The molecular formula is C12H17N3O3S. The van der Waals surface area contributed by atoms with Crippen LogP contribution in [0.2, 0.25) is 0 Å². The maximum absolute atomic E-state index is 11.7. The highest BCUT2D eigenvalue weighted by Gasteiger charge is 2.27. The number of amides is 2. The minimum absolute atomic E-state index is 0.179. The average molecular weight is 283 g/mol. The van der Waals surface area contributed by atoms with Crippen LogP contribution in [-0.2, 0) is 4.79 Å². The van der Waals surface area contributed by atoms with Crippen molar-refractivity contribution in [1.29, 1.82) is 0 Å². The Hall–Kier alpha value is -1.63. The molecule has 2 amide bonds. The first-order chi connectivity index (χ1) is 8.97.